The maximum absolute atomic E-state index is 8.78. The van der Waals surface area contributed by atoms with Gasteiger partial charge in [-0.2, -0.15) is 5.26 Å². The minimum atomic E-state index is 0.152. The Morgan fingerprint density at radius 2 is 2.11 bits per heavy atom. The smallest absolute Gasteiger partial charge is 0.118 e. The maximum atomic E-state index is 8.78. The highest BCUT2D eigenvalue weighted by atomic mass is 16.5. The van der Waals surface area contributed by atoms with Crippen molar-refractivity contribution in [1.82, 2.24) is 4.90 Å². The Labute approximate surface area is 108 Å². The molecule has 96 valence electrons. The number of hydrogen-bond acceptors (Lipinski definition) is 4. The molecule has 4 nitrogen and oxygen atoms in total. The van der Waals surface area contributed by atoms with E-state index in [-0.39, 0.29) is 6.04 Å². The average Bonchev–Trinajstić information content (AvgIpc) is 2.38. The molecule has 0 aliphatic carbocycles. The molecular formula is C14H19N3O. The molecule has 2 unspecified atom stereocenters. The summed E-state index contributed by atoms with van der Waals surface area (Å²) in [5, 5.41) is 8.78. The standard InChI is InChI=1S/C14H19N3O/c1-18-14-4-2-11(3-5-14)12-8-13(16)10-17(9-12)7-6-15/h2-5,12-13H,7-10,16H2,1H3. The highest BCUT2D eigenvalue weighted by Crippen LogP contribution is 2.27. The van der Waals surface area contributed by atoms with Gasteiger partial charge in [-0.15, -0.1) is 0 Å². The van der Waals surface area contributed by atoms with E-state index in [1.165, 1.54) is 5.56 Å². The lowest BCUT2D eigenvalue weighted by atomic mass is 9.88. The average molecular weight is 245 g/mol. The summed E-state index contributed by atoms with van der Waals surface area (Å²) in [4.78, 5) is 2.13. The van der Waals surface area contributed by atoms with Crippen LogP contribution in [0.2, 0.25) is 0 Å². The van der Waals surface area contributed by atoms with Gasteiger partial charge in [-0.25, -0.2) is 0 Å². The zero-order valence-electron chi connectivity index (χ0n) is 10.7. The van der Waals surface area contributed by atoms with Crippen LogP contribution in [0, 0.1) is 11.3 Å². The second-order valence-electron chi connectivity index (χ2n) is 4.82. The predicted octanol–water partition coefficient (Wildman–Crippen LogP) is 1.34. The number of likely N-dealkylation sites (tertiary alicyclic amines) is 1. The summed E-state index contributed by atoms with van der Waals surface area (Å²) >= 11 is 0. The van der Waals surface area contributed by atoms with Crippen LogP contribution >= 0.6 is 0 Å². The topological polar surface area (TPSA) is 62.3 Å². The summed E-state index contributed by atoms with van der Waals surface area (Å²) in [6.07, 6.45) is 0.980. The fourth-order valence-corrected chi connectivity index (χ4v) is 2.58. The summed E-state index contributed by atoms with van der Waals surface area (Å²) in [7, 11) is 1.67. The molecule has 2 N–H and O–H groups in total. The van der Waals surface area contributed by atoms with Gasteiger partial charge in [-0.1, -0.05) is 12.1 Å². The first-order valence-electron chi connectivity index (χ1n) is 6.21. The Morgan fingerprint density at radius 1 is 1.39 bits per heavy atom. The van der Waals surface area contributed by atoms with Crippen molar-refractivity contribution in [3.63, 3.8) is 0 Å². The quantitative estimate of drug-likeness (QED) is 0.816. The molecule has 2 rings (SSSR count). The first-order valence-corrected chi connectivity index (χ1v) is 6.21. The van der Waals surface area contributed by atoms with Crippen LogP contribution in [0.1, 0.15) is 17.9 Å². The number of benzene rings is 1. The van der Waals surface area contributed by atoms with E-state index < -0.39 is 0 Å². The van der Waals surface area contributed by atoms with E-state index >= 15 is 0 Å². The number of rotatable bonds is 3. The van der Waals surface area contributed by atoms with E-state index in [1.807, 2.05) is 12.1 Å². The molecule has 4 heteroatoms. The number of piperidine rings is 1. The Kier molecular flexibility index (Phi) is 4.19. The summed E-state index contributed by atoms with van der Waals surface area (Å²) in [6, 6.07) is 10.5. The van der Waals surface area contributed by atoms with Gasteiger partial charge in [-0.3, -0.25) is 4.90 Å². The number of nitrogens with two attached hydrogens (primary N) is 1. The number of nitriles is 1. The van der Waals surface area contributed by atoms with Gasteiger partial charge >= 0.3 is 0 Å². The lowest BCUT2D eigenvalue weighted by Gasteiger charge is -2.35. The number of ether oxygens (including phenoxy) is 1. The van der Waals surface area contributed by atoms with Crippen LogP contribution < -0.4 is 10.5 Å². The first-order chi connectivity index (χ1) is 8.72. The molecule has 0 bridgehead atoms. The molecule has 0 saturated carbocycles. The molecule has 2 atom stereocenters. The third kappa shape index (κ3) is 3.00. The molecule has 0 radical (unpaired) electrons. The Hall–Kier alpha value is -1.57. The largest absolute Gasteiger partial charge is 0.497 e. The lowest BCUT2D eigenvalue weighted by Crippen LogP contribution is -2.46. The zero-order chi connectivity index (χ0) is 13.0. The molecule has 0 amide bonds. The Balaban J connectivity index is 2.08. The monoisotopic (exact) mass is 245 g/mol. The van der Waals surface area contributed by atoms with Gasteiger partial charge in [0, 0.05) is 19.1 Å². The third-order valence-corrected chi connectivity index (χ3v) is 3.44. The van der Waals surface area contributed by atoms with Crippen LogP contribution in [0.25, 0.3) is 0 Å². The molecule has 1 fully saturated rings. The van der Waals surface area contributed by atoms with E-state index in [2.05, 4.69) is 23.1 Å². The van der Waals surface area contributed by atoms with Crippen LogP contribution in [0.5, 0.6) is 5.75 Å². The molecule has 0 spiro atoms. The Morgan fingerprint density at radius 3 is 2.72 bits per heavy atom. The SMILES string of the molecule is COc1ccc(C2CC(N)CN(CC#N)C2)cc1. The third-order valence-electron chi connectivity index (χ3n) is 3.44. The summed E-state index contributed by atoms with van der Waals surface area (Å²) in [5.74, 6) is 1.28. The van der Waals surface area contributed by atoms with E-state index in [1.54, 1.807) is 7.11 Å². The van der Waals surface area contributed by atoms with Crippen LogP contribution in [0.4, 0.5) is 0 Å². The van der Waals surface area contributed by atoms with Crippen molar-refractivity contribution in [2.45, 2.75) is 18.4 Å². The van der Waals surface area contributed by atoms with Crippen molar-refractivity contribution in [3.05, 3.63) is 29.8 Å². The van der Waals surface area contributed by atoms with Gasteiger partial charge in [0.1, 0.15) is 5.75 Å². The van der Waals surface area contributed by atoms with Crippen molar-refractivity contribution in [3.8, 4) is 11.8 Å². The minimum Gasteiger partial charge on any atom is -0.497 e. The van der Waals surface area contributed by atoms with E-state index in [9.17, 15) is 0 Å². The van der Waals surface area contributed by atoms with Crippen LogP contribution in [-0.4, -0.2) is 37.7 Å². The van der Waals surface area contributed by atoms with Gasteiger partial charge in [0.15, 0.2) is 0 Å². The second kappa shape index (κ2) is 5.85. The van der Waals surface area contributed by atoms with Crippen molar-refractivity contribution >= 4 is 0 Å². The van der Waals surface area contributed by atoms with Crippen LogP contribution in [0.3, 0.4) is 0 Å². The van der Waals surface area contributed by atoms with Crippen molar-refractivity contribution in [2.24, 2.45) is 5.73 Å². The van der Waals surface area contributed by atoms with Gasteiger partial charge in [0.05, 0.1) is 19.7 Å². The van der Waals surface area contributed by atoms with E-state index in [0.717, 1.165) is 25.3 Å². The van der Waals surface area contributed by atoms with Crippen LogP contribution in [0.15, 0.2) is 24.3 Å². The Bertz CT molecular complexity index is 424. The second-order valence-corrected chi connectivity index (χ2v) is 4.82. The summed E-state index contributed by atoms with van der Waals surface area (Å²) in [5.41, 5.74) is 7.34. The maximum Gasteiger partial charge on any atom is 0.118 e. The number of hydrogen-bond donors (Lipinski definition) is 1. The van der Waals surface area contributed by atoms with E-state index in [4.69, 9.17) is 15.7 Å². The fourth-order valence-electron chi connectivity index (χ4n) is 2.58. The molecule has 18 heavy (non-hydrogen) atoms. The molecule has 1 aliphatic heterocycles. The lowest BCUT2D eigenvalue weighted by molar-refractivity contribution is 0.208. The predicted molar refractivity (Wildman–Crippen MR) is 70.4 cm³/mol. The first kappa shape index (κ1) is 12.9. The van der Waals surface area contributed by atoms with Crippen molar-refractivity contribution in [1.29, 1.82) is 5.26 Å². The molecule has 1 aromatic rings. The zero-order valence-corrected chi connectivity index (χ0v) is 10.7. The highest BCUT2D eigenvalue weighted by molar-refractivity contribution is 5.30. The fraction of sp³-hybridized carbons (Fsp3) is 0.500. The van der Waals surface area contributed by atoms with Gasteiger partial charge in [0.25, 0.3) is 0 Å². The number of methoxy groups -OCH3 is 1. The van der Waals surface area contributed by atoms with Gasteiger partial charge < -0.3 is 10.5 Å². The summed E-state index contributed by atoms with van der Waals surface area (Å²) < 4.78 is 5.16. The normalized spacial score (nSPS) is 24.5. The van der Waals surface area contributed by atoms with Crippen molar-refractivity contribution < 1.29 is 4.74 Å². The van der Waals surface area contributed by atoms with E-state index in [0.29, 0.717) is 12.5 Å². The molecule has 1 saturated heterocycles. The minimum absolute atomic E-state index is 0.152. The highest BCUT2D eigenvalue weighted by Gasteiger charge is 2.25. The molecule has 1 aromatic carbocycles. The number of nitrogens with zero attached hydrogens (tertiary/aromatic N) is 2. The molecule has 1 aliphatic rings. The van der Waals surface area contributed by atoms with Gasteiger partial charge in [-0.05, 0) is 30.0 Å². The molecule has 1 heterocycles. The van der Waals surface area contributed by atoms with Crippen molar-refractivity contribution in [2.75, 3.05) is 26.7 Å². The van der Waals surface area contributed by atoms with Crippen LogP contribution in [-0.2, 0) is 0 Å². The summed E-state index contributed by atoms with van der Waals surface area (Å²) in [6.45, 7) is 2.19. The van der Waals surface area contributed by atoms with Gasteiger partial charge in [0.2, 0.25) is 0 Å². The molecule has 0 aromatic heterocycles. The molecular weight excluding hydrogens is 226 g/mol.